The van der Waals surface area contributed by atoms with E-state index in [-0.39, 0.29) is 16.0 Å². The lowest BCUT2D eigenvalue weighted by Gasteiger charge is -2.24. The van der Waals surface area contributed by atoms with Crippen molar-refractivity contribution in [1.29, 1.82) is 0 Å². The van der Waals surface area contributed by atoms with Crippen LogP contribution in [-0.4, -0.2) is 9.56 Å². The van der Waals surface area contributed by atoms with E-state index in [9.17, 15) is 4.79 Å². The van der Waals surface area contributed by atoms with Gasteiger partial charge in [0, 0.05) is 17.7 Å². The van der Waals surface area contributed by atoms with Gasteiger partial charge in [0.05, 0.1) is 5.56 Å². The first-order chi connectivity index (χ1) is 8.79. The van der Waals surface area contributed by atoms with E-state index in [4.69, 9.17) is 18.0 Å². The molecule has 106 valence electrons. The smallest absolute Gasteiger partial charge is 0.261 e. The molecule has 0 aliphatic carbocycles. The van der Waals surface area contributed by atoms with E-state index in [0.717, 1.165) is 31.5 Å². The Morgan fingerprint density at radius 3 is 2.42 bits per heavy atom. The molecule has 0 fully saturated rings. The molecule has 1 aromatic rings. The van der Waals surface area contributed by atoms with Crippen molar-refractivity contribution in [2.45, 2.75) is 58.9 Å². The Morgan fingerprint density at radius 1 is 1.32 bits per heavy atom. The van der Waals surface area contributed by atoms with Gasteiger partial charge in [0.15, 0.2) is 0 Å². The maximum absolute atomic E-state index is 12.5. The molecule has 0 aliphatic heterocycles. The van der Waals surface area contributed by atoms with Crippen LogP contribution in [0.3, 0.4) is 0 Å². The van der Waals surface area contributed by atoms with Gasteiger partial charge >= 0.3 is 0 Å². The fourth-order valence-corrected chi connectivity index (χ4v) is 2.32. The number of pyridine rings is 1. The molecule has 0 unspecified atom stereocenters. The molecule has 0 radical (unpaired) electrons. The van der Waals surface area contributed by atoms with Crippen LogP contribution in [-0.2, 0) is 12.0 Å². The van der Waals surface area contributed by atoms with Crippen LogP contribution in [0.2, 0.25) is 0 Å². The van der Waals surface area contributed by atoms with E-state index >= 15 is 0 Å². The SMILES string of the molecule is CCCCCn1c(C(C)(C)C)ccc(C(N)=S)c1=O. The maximum Gasteiger partial charge on any atom is 0.261 e. The second-order valence-corrected chi connectivity index (χ2v) is 6.35. The number of rotatable bonds is 5. The molecule has 0 saturated carbocycles. The number of thiocarbonyl (C=S) groups is 1. The first kappa shape index (κ1) is 15.9. The van der Waals surface area contributed by atoms with Crippen LogP contribution < -0.4 is 11.3 Å². The third-order valence-corrected chi connectivity index (χ3v) is 3.41. The topological polar surface area (TPSA) is 48.0 Å². The summed E-state index contributed by atoms with van der Waals surface area (Å²) in [5.74, 6) is 0. The molecule has 0 bridgehead atoms. The van der Waals surface area contributed by atoms with E-state index in [1.165, 1.54) is 0 Å². The Bertz CT molecular complexity index is 512. The summed E-state index contributed by atoms with van der Waals surface area (Å²) in [5.41, 5.74) is 6.97. The van der Waals surface area contributed by atoms with Crippen molar-refractivity contribution in [1.82, 2.24) is 4.57 Å². The Balaban J connectivity index is 3.30. The van der Waals surface area contributed by atoms with Crippen LogP contribution in [0.4, 0.5) is 0 Å². The molecule has 1 heterocycles. The molecule has 0 saturated heterocycles. The van der Waals surface area contributed by atoms with E-state index < -0.39 is 0 Å². The quantitative estimate of drug-likeness (QED) is 0.666. The molecule has 19 heavy (non-hydrogen) atoms. The second-order valence-electron chi connectivity index (χ2n) is 5.91. The highest BCUT2D eigenvalue weighted by Crippen LogP contribution is 2.21. The van der Waals surface area contributed by atoms with Crippen molar-refractivity contribution in [3.05, 3.63) is 33.7 Å². The number of nitrogens with two attached hydrogens (primary N) is 1. The van der Waals surface area contributed by atoms with Gasteiger partial charge in [0.25, 0.3) is 5.56 Å². The highest BCUT2D eigenvalue weighted by molar-refractivity contribution is 7.80. The minimum absolute atomic E-state index is 0.0592. The largest absolute Gasteiger partial charge is 0.389 e. The number of aromatic nitrogens is 1. The summed E-state index contributed by atoms with van der Waals surface area (Å²) in [6.07, 6.45) is 3.25. The van der Waals surface area contributed by atoms with Gasteiger partial charge in [0.2, 0.25) is 0 Å². The predicted molar refractivity (Wildman–Crippen MR) is 84.8 cm³/mol. The molecule has 0 amide bonds. The van der Waals surface area contributed by atoms with Crippen LogP contribution in [0.15, 0.2) is 16.9 Å². The molecule has 4 heteroatoms. The average Bonchev–Trinajstić information content (AvgIpc) is 2.29. The highest BCUT2D eigenvalue weighted by atomic mass is 32.1. The Kier molecular flexibility index (Phi) is 5.29. The highest BCUT2D eigenvalue weighted by Gasteiger charge is 2.20. The zero-order chi connectivity index (χ0) is 14.6. The van der Waals surface area contributed by atoms with Crippen molar-refractivity contribution < 1.29 is 0 Å². The number of unbranched alkanes of at least 4 members (excludes halogenated alkanes) is 2. The lowest BCUT2D eigenvalue weighted by Crippen LogP contribution is -2.34. The van der Waals surface area contributed by atoms with E-state index in [1.807, 2.05) is 10.6 Å². The summed E-state index contributed by atoms with van der Waals surface area (Å²) >= 11 is 4.95. The standard InChI is InChI=1S/C15H24N2OS/c1-5-6-7-10-17-12(15(2,3)4)9-8-11(13(16)19)14(17)18/h8-9H,5-7,10H2,1-4H3,(H2,16,19). The van der Waals surface area contributed by atoms with Gasteiger partial charge in [0.1, 0.15) is 4.99 Å². The van der Waals surface area contributed by atoms with Gasteiger partial charge in [-0.3, -0.25) is 4.79 Å². The molecule has 0 aliphatic rings. The Hall–Kier alpha value is -1.16. The monoisotopic (exact) mass is 280 g/mol. The van der Waals surface area contributed by atoms with Crippen LogP contribution in [0.1, 0.15) is 58.2 Å². The molecule has 1 aromatic heterocycles. The first-order valence-electron chi connectivity index (χ1n) is 6.83. The van der Waals surface area contributed by atoms with Gasteiger partial charge < -0.3 is 10.3 Å². The molecule has 2 N–H and O–H groups in total. The van der Waals surface area contributed by atoms with Crippen LogP contribution in [0, 0.1) is 0 Å². The zero-order valence-electron chi connectivity index (χ0n) is 12.3. The minimum atomic E-state index is -0.0693. The fourth-order valence-electron chi connectivity index (χ4n) is 2.16. The van der Waals surface area contributed by atoms with E-state index in [1.54, 1.807) is 6.07 Å². The summed E-state index contributed by atoms with van der Waals surface area (Å²) in [5, 5.41) is 0. The summed E-state index contributed by atoms with van der Waals surface area (Å²) in [4.78, 5) is 12.6. The van der Waals surface area contributed by atoms with E-state index in [0.29, 0.717) is 5.56 Å². The normalized spacial score (nSPS) is 11.6. The molecule has 0 spiro atoms. The third-order valence-electron chi connectivity index (χ3n) is 3.19. The second kappa shape index (κ2) is 6.33. The van der Waals surface area contributed by atoms with Gasteiger partial charge in [-0.2, -0.15) is 0 Å². The van der Waals surface area contributed by atoms with Gasteiger partial charge in [-0.25, -0.2) is 0 Å². The predicted octanol–water partition coefficient (Wildman–Crippen LogP) is 2.97. The molecular weight excluding hydrogens is 256 g/mol. The summed E-state index contributed by atoms with van der Waals surface area (Å²) in [6, 6.07) is 3.73. The fraction of sp³-hybridized carbons (Fsp3) is 0.600. The van der Waals surface area contributed by atoms with Gasteiger partial charge in [-0.15, -0.1) is 0 Å². The molecule has 1 rings (SSSR count). The summed E-state index contributed by atoms with van der Waals surface area (Å²) < 4.78 is 1.84. The van der Waals surface area contributed by atoms with Gasteiger partial charge in [-0.1, -0.05) is 52.8 Å². The molecular formula is C15H24N2OS. The molecule has 0 aromatic carbocycles. The van der Waals surface area contributed by atoms with Crippen molar-refractivity contribution in [3.8, 4) is 0 Å². The Labute approximate surface area is 120 Å². The number of hydrogen-bond acceptors (Lipinski definition) is 2. The van der Waals surface area contributed by atoms with Crippen molar-refractivity contribution >= 4 is 17.2 Å². The maximum atomic E-state index is 12.5. The minimum Gasteiger partial charge on any atom is -0.389 e. The van der Waals surface area contributed by atoms with Crippen molar-refractivity contribution in [2.75, 3.05) is 0 Å². The van der Waals surface area contributed by atoms with Crippen molar-refractivity contribution in [3.63, 3.8) is 0 Å². The lowest BCUT2D eigenvalue weighted by molar-refractivity contribution is 0.484. The van der Waals surface area contributed by atoms with Crippen LogP contribution in [0.25, 0.3) is 0 Å². The molecule has 3 nitrogen and oxygen atoms in total. The average molecular weight is 280 g/mol. The van der Waals surface area contributed by atoms with Gasteiger partial charge in [-0.05, 0) is 18.6 Å². The first-order valence-corrected chi connectivity index (χ1v) is 7.24. The third kappa shape index (κ3) is 3.90. The number of nitrogens with zero attached hydrogens (tertiary/aromatic N) is 1. The van der Waals surface area contributed by atoms with Crippen molar-refractivity contribution in [2.24, 2.45) is 5.73 Å². The Morgan fingerprint density at radius 2 is 1.95 bits per heavy atom. The lowest BCUT2D eigenvalue weighted by atomic mass is 9.90. The summed E-state index contributed by atoms with van der Waals surface area (Å²) in [7, 11) is 0. The number of hydrogen-bond donors (Lipinski definition) is 1. The molecule has 0 atom stereocenters. The zero-order valence-corrected chi connectivity index (χ0v) is 13.1. The van der Waals surface area contributed by atoms with Crippen LogP contribution >= 0.6 is 12.2 Å². The van der Waals surface area contributed by atoms with Crippen LogP contribution in [0.5, 0.6) is 0 Å². The summed E-state index contributed by atoms with van der Waals surface area (Å²) in [6.45, 7) is 9.21. The van der Waals surface area contributed by atoms with E-state index in [2.05, 4.69) is 27.7 Å².